The molecular formula is C17H14I2N2O2. The quantitative estimate of drug-likeness (QED) is 0.259. The highest BCUT2D eigenvalue weighted by Gasteiger charge is 2.58. The van der Waals surface area contributed by atoms with Gasteiger partial charge in [-0.25, -0.2) is 4.79 Å². The monoisotopic (exact) mass is 532 g/mol. The third-order valence-electron chi connectivity index (χ3n) is 4.04. The number of halogens is 2. The Hall–Kier alpha value is -1.16. The number of rotatable bonds is 4. The molecule has 0 aliphatic carbocycles. The molecule has 4 nitrogen and oxygen atoms in total. The molecule has 0 radical (unpaired) electrons. The molecule has 1 aliphatic heterocycles. The minimum atomic E-state index is -1.09. The lowest BCUT2D eigenvalue weighted by Crippen LogP contribution is -2.47. The van der Waals surface area contributed by atoms with E-state index >= 15 is 0 Å². The summed E-state index contributed by atoms with van der Waals surface area (Å²) in [5.41, 5.74) is 0.536. The van der Waals surface area contributed by atoms with Crippen LogP contribution in [0.2, 0.25) is 0 Å². The zero-order chi connectivity index (χ0) is 16.4. The van der Waals surface area contributed by atoms with Crippen LogP contribution in [0.4, 0.5) is 4.79 Å². The van der Waals surface area contributed by atoms with E-state index in [0.717, 1.165) is 11.1 Å². The van der Waals surface area contributed by atoms with Gasteiger partial charge < -0.3 is 0 Å². The van der Waals surface area contributed by atoms with E-state index in [-0.39, 0.29) is 11.9 Å². The Morgan fingerprint density at radius 2 is 1.26 bits per heavy atom. The highest BCUT2D eigenvalue weighted by Crippen LogP contribution is 2.43. The van der Waals surface area contributed by atoms with Gasteiger partial charge in [0.05, 0.1) is 9.10 Å². The van der Waals surface area contributed by atoms with Gasteiger partial charge in [0.15, 0.2) is 5.54 Å². The van der Waals surface area contributed by atoms with Crippen LogP contribution >= 0.6 is 45.2 Å². The zero-order valence-electron chi connectivity index (χ0n) is 12.2. The molecule has 2 aromatic carbocycles. The van der Waals surface area contributed by atoms with Crippen molar-refractivity contribution in [3.8, 4) is 0 Å². The Morgan fingerprint density at radius 1 is 0.783 bits per heavy atom. The Balaban J connectivity index is 2.32. The zero-order valence-corrected chi connectivity index (χ0v) is 16.5. The van der Waals surface area contributed by atoms with Crippen molar-refractivity contribution < 1.29 is 9.59 Å². The first-order valence-corrected chi connectivity index (χ1v) is 10.1. The Morgan fingerprint density at radius 3 is 1.65 bits per heavy atom. The average Bonchev–Trinajstić information content (AvgIpc) is 2.83. The van der Waals surface area contributed by atoms with Gasteiger partial charge in [-0.3, -0.25) is 14.6 Å². The van der Waals surface area contributed by atoms with Gasteiger partial charge in [0.25, 0.3) is 5.91 Å². The lowest BCUT2D eigenvalue weighted by Gasteiger charge is -2.35. The first-order valence-electron chi connectivity index (χ1n) is 7.04. The van der Waals surface area contributed by atoms with Crippen molar-refractivity contribution >= 4 is 57.1 Å². The SMILES string of the molecule is O=C1N(CI)C(=O)C(c2ccccc2)(c2ccccc2)N1CI. The third-order valence-corrected chi connectivity index (χ3v) is 5.41. The van der Waals surface area contributed by atoms with Gasteiger partial charge in [0, 0.05) is 0 Å². The molecule has 0 unspecified atom stereocenters. The van der Waals surface area contributed by atoms with Crippen LogP contribution in [0.1, 0.15) is 11.1 Å². The van der Waals surface area contributed by atoms with E-state index in [4.69, 9.17) is 0 Å². The number of benzene rings is 2. The minimum absolute atomic E-state index is 0.189. The summed E-state index contributed by atoms with van der Waals surface area (Å²) in [5, 5.41) is 0. The largest absolute Gasteiger partial charge is 0.329 e. The molecule has 6 heteroatoms. The molecule has 3 rings (SSSR count). The smallest absolute Gasteiger partial charge is 0.292 e. The van der Waals surface area contributed by atoms with Gasteiger partial charge in [0.2, 0.25) is 0 Å². The van der Waals surface area contributed by atoms with Crippen molar-refractivity contribution in [3.63, 3.8) is 0 Å². The normalized spacial score (nSPS) is 17.0. The third kappa shape index (κ3) is 2.46. The molecular weight excluding hydrogens is 518 g/mol. The second-order valence-electron chi connectivity index (χ2n) is 5.13. The maximum absolute atomic E-state index is 13.3. The van der Waals surface area contributed by atoms with E-state index < -0.39 is 5.54 Å². The van der Waals surface area contributed by atoms with Crippen LogP contribution in [-0.4, -0.2) is 30.8 Å². The van der Waals surface area contributed by atoms with E-state index in [0.29, 0.717) is 9.10 Å². The molecule has 0 aromatic heterocycles. The van der Waals surface area contributed by atoms with E-state index in [1.54, 1.807) is 4.90 Å². The molecule has 3 amide bonds. The summed E-state index contributed by atoms with van der Waals surface area (Å²) in [7, 11) is 0. The number of nitrogens with zero attached hydrogens (tertiary/aromatic N) is 2. The van der Waals surface area contributed by atoms with Crippen LogP contribution < -0.4 is 0 Å². The van der Waals surface area contributed by atoms with Crippen LogP contribution in [0.5, 0.6) is 0 Å². The number of carbonyl (C=O) groups is 2. The van der Waals surface area contributed by atoms with E-state index in [2.05, 4.69) is 45.2 Å². The molecule has 0 N–H and O–H groups in total. The highest BCUT2D eigenvalue weighted by molar-refractivity contribution is 14.1. The van der Waals surface area contributed by atoms with Gasteiger partial charge in [-0.15, -0.1) is 0 Å². The van der Waals surface area contributed by atoms with Gasteiger partial charge in [-0.2, -0.15) is 0 Å². The first-order chi connectivity index (χ1) is 11.2. The Bertz CT molecular complexity index is 682. The fraction of sp³-hybridized carbons (Fsp3) is 0.176. The van der Waals surface area contributed by atoms with Gasteiger partial charge >= 0.3 is 6.03 Å². The molecule has 1 fully saturated rings. The van der Waals surface area contributed by atoms with Crippen molar-refractivity contribution in [3.05, 3.63) is 71.8 Å². The maximum atomic E-state index is 13.3. The summed E-state index contributed by atoms with van der Waals surface area (Å²) < 4.78 is 0.767. The van der Waals surface area contributed by atoms with E-state index in [1.807, 2.05) is 60.7 Å². The second kappa shape index (κ2) is 6.76. The number of amides is 3. The molecule has 1 aliphatic rings. The molecule has 1 saturated heterocycles. The topological polar surface area (TPSA) is 40.6 Å². The molecule has 2 aromatic rings. The predicted molar refractivity (Wildman–Crippen MR) is 106 cm³/mol. The molecule has 0 spiro atoms. The van der Waals surface area contributed by atoms with Crippen LogP contribution in [-0.2, 0) is 10.3 Å². The summed E-state index contributed by atoms with van der Waals surface area (Å²) in [5.74, 6) is -0.189. The molecule has 1 heterocycles. The number of hydrogen-bond acceptors (Lipinski definition) is 2. The van der Waals surface area contributed by atoms with Crippen LogP contribution in [0.25, 0.3) is 0 Å². The summed E-state index contributed by atoms with van der Waals surface area (Å²) in [4.78, 5) is 29.0. The second-order valence-corrected chi connectivity index (χ2v) is 6.49. The lowest BCUT2D eigenvalue weighted by molar-refractivity contribution is -0.131. The number of hydrogen-bond donors (Lipinski definition) is 0. The van der Waals surface area contributed by atoms with Crippen molar-refractivity contribution in [2.24, 2.45) is 0 Å². The predicted octanol–water partition coefficient (Wildman–Crippen LogP) is 3.98. The molecule has 0 bridgehead atoms. The summed E-state index contributed by atoms with van der Waals surface area (Å²) >= 11 is 4.20. The minimum Gasteiger partial charge on any atom is -0.292 e. The summed E-state index contributed by atoms with van der Waals surface area (Å²) in [6, 6.07) is 18.8. The van der Waals surface area contributed by atoms with Crippen LogP contribution in [0, 0.1) is 0 Å². The van der Waals surface area contributed by atoms with Crippen LogP contribution in [0.15, 0.2) is 60.7 Å². The van der Waals surface area contributed by atoms with Gasteiger partial charge in [0.1, 0.15) is 0 Å². The fourth-order valence-electron chi connectivity index (χ4n) is 3.02. The lowest BCUT2D eigenvalue weighted by atomic mass is 9.81. The van der Waals surface area contributed by atoms with Crippen molar-refractivity contribution in [2.75, 3.05) is 9.10 Å². The van der Waals surface area contributed by atoms with Crippen molar-refractivity contribution in [1.82, 2.24) is 9.80 Å². The molecule has 23 heavy (non-hydrogen) atoms. The fourth-order valence-corrected chi connectivity index (χ4v) is 4.42. The highest BCUT2D eigenvalue weighted by atomic mass is 127. The van der Waals surface area contributed by atoms with Crippen LogP contribution in [0.3, 0.4) is 0 Å². The number of imide groups is 1. The number of carbonyl (C=O) groups excluding carboxylic acids is 2. The number of alkyl halides is 2. The summed E-state index contributed by atoms with van der Waals surface area (Å²) in [6.07, 6.45) is 0. The van der Waals surface area contributed by atoms with Gasteiger partial charge in [-0.1, -0.05) is 106 Å². The average molecular weight is 532 g/mol. The molecule has 0 saturated carbocycles. The first kappa shape index (κ1) is 16.7. The standard InChI is InChI=1S/C17H14I2N2O2/c18-11-20-15(22)17(21(12-19)16(20)23,13-7-3-1-4-8-13)14-9-5-2-6-10-14/h1-10H,11-12H2. The molecule has 0 atom stereocenters. The number of urea groups is 1. The van der Waals surface area contributed by atoms with Crippen molar-refractivity contribution in [2.45, 2.75) is 5.54 Å². The Labute approximate surface area is 162 Å². The molecule has 118 valence electrons. The Kier molecular flexibility index (Phi) is 4.90. The van der Waals surface area contributed by atoms with Gasteiger partial charge in [-0.05, 0) is 11.1 Å². The van der Waals surface area contributed by atoms with E-state index in [1.165, 1.54) is 4.90 Å². The van der Waals surface area contributed by atoms with E-state index in [9.17, 15) is 9.59 Å². The summed E-state index contributed by atoms with van der Waals surface area (Å²) in [6.45, 7) is 0. The van der Waals surface area contributed by atoms with Crippen molar-refractivity contribution in [1.29, 1.82) is 0 Å². The maximum Gasteiger partial charge on any atom is 0.329 e.